The number of nitrogens with zero attached hydrogens (tertiary/aromatic N) is 2. The van der Waals surface area contributed by atoms with E-state index in [1.165, 1.54) is 0 Å². The summed E-state index contributed by atoms with van der Waals surface area (Å²) in [5.74, 6) is 0.954. The van der Waals surface area contributed by atoms with Crippen molar-refractivity contribution in [1.82, 2.24) is 5.16 Å². The molecule has 32 heavy (non-hydrogen) atoms. The molecule has 0 N–H and O–H groups in total. The van der Waals surface area contributed by atoms with Crippen LogP contribution in [-0.4, -0.2) is 24.9 Å². The number of hydrogen-bond donors (Lipinski definition) is 0. The molecule has 5 rings (SSSR count). The molecule has 1 aliphatic heterocycles. The minimum atomic E-state index is -3.69. The van der Waals surface area contributed by atoms with Crippen molar-refractivity contribution >= 4 is 43.9 Å². The van der Waals surface area contributed by atoms with Gasteiger partial charge in [-0.25, -0.2) is 13.4 Å². The highest BCUT2D eigenvalue weighted by Gasteiger charge is 2.33. The lowest BCUT2D eigenvalue weighted by Gasteiger charge is -2.33. The second kappa shape index (κ2) is 7.46. The molecule has 8 heteroatoms. The quantitative estimate of drug-likeness (QED) is 0.370. The van der Waals surface area contributed by atoms with Gasteiger partial charge < -0.3 is 9.26 Å². The summed E-state index contributed by atoms with van der Waals surface area (Å²) in [5.41, 5.74) is 1.21. The number of hydrogen-bond acceptors (Lipinski definition) is 6. The average Bonchev–Trinajstić information content (AvgIpc) is 3.17. The van der Waals surface area contributed by atoms with Crippen molar-refractivity contribution < 1.29 is 17.7 Å². The maximum absolute atomic E-state index is 13.2. The van der Waals surface area contributed by atoms with E-state index in [1.807, 2.05) is 19.9 Å². The van der Waals surface area contributed by atoms with Gasteiger partial charge in [-0.1, -0.05) is 41.0 Å². The molecule has 162 valence electrons. The lowest BCUT2D eigenvalue weighted by molar-refractivity contribution is 0.111. The van der Waals surface area contributed by atoms with Crippen molar-refractivity contribution in [3.8, 4) is 5.75 Å². The molecule has 0 amide bonds. The molecule has 0 unspecified atom stereocenters. The molecule has 0 spiro atoms. The second-order valence-electron chi connectivity index (χ2n) is 8.19. The van der Waals surface area contributed by atoms with E-state index < -0.39 is 15.4 Å². The molecule has 1 aliphatic rings. The zero-order chi connectivity index (χ0) is 22.5. The van der Waals surface area contributed by atoms with Crippen LogP contribution in [0.15, 0.2) is 86.0 Å². The average molecular weight is 467 g/mol. The summed E-state index contributed by atoms with van der Waals surface area (Å²) in [6, 6.07) is 18.5. The molecule has 2 heterocycles. The summed E-state index contributed by atoms with van der Waals surface area (Å²) in [7, 11) is -3.69. The first kappa shape index (κ1) is 20.7. The van der Waals surface area contributed by atoms with Crippen molar-refractivity contribution in [1.29, 1.82) is 0 Å². The normalized spacial score (nSPS) is 16.7. The highest BCUT2D eigenvalue weighted by molar-refractivity contribution is 7.91. The van der Waals surface area contributed by atoms with Gasteiger partial charge in [0.05, 0.1) is 25.9 Å². The fraction of sp³-hybridized carbons (Fsp3) is 0.167. The van der Waals surface area contributed by atoms with E-state index in [-0.39, 0.29) is 9.79 Å². The van der Waals surface area contributed by atoms with E-state index in [2.05, 4.69) is 5.16 Å². The first-order chi connectivity index (χ1) is 15.2. The largest absolute Gasteiger partial charge is 0.487 e. The fourth-order valence-corrected chi connectivity index (χ4v) is 5.30. The van der Waals surface area contributed by atoms with Crippen LogP contribution in [-0.2, 0) is 9.84 Å². The third kappa shape index (κ3) is 3.57. The second-order valence-corrected chi connectivity index (χ2v) is 10.6. The minimum absolute atomic E-state index is 0.173. The number of ether oxygens (including phenoxy) is 1. The van der Waals surface area contributed by atoms with E-state index in [0.717, 1.165) is 0 Å². The Bertz CT molecular complexity index is 1470. The summed E-state index contributed by atoms with van der Waals surface area (Å²) in [6.45, 7) is 3.91. The monoisotopic (exact) mass is 466 g/mol. The van der Waals surface area contributed by atoms with Gasteiger partial charge in [0.1, 0.15) is 11.4 Å². The fourth-order valence-electron chi connectivity index (χ4n) is 3.78. The Kier molecular flexibility index (Phi) is 4.83. The summed E-state index contributed by atoms with van der Waals surface area (Å²) >= 11 is 6.20. The van der Waals surface area contributed by atoms with Crippen molar-refractivity contribution in [3.05, 3.63) is 77.3 Å². The highest BCUT2D eigenvalue weighted by Crippen LogP contribution is 2.38. The van der Waals surface area contributed by atoms with E-state index >= 15 is 0 Å². The van der Waals surface area contributed by atoms with Crippen LogP contribution in [0.4, 0.5) is 5.82 Å². The van der Waals surface area contributed by atoms with Gasteiger partial charge in [-0.05, 0) is 56.3 Å². The van der Waals surface area contributed by atoms with Crippen LogP contribution in [0.5, 0.6) is 5.75 Å². The van der Waals surface area contributed by atoms with Gasteiger partial charge in [0.2, 0.25) is 15.7 Å². The van der Waals surface area contributed by atoms with Gasteiger partial charge >= 0.3 is 0 Å². The number of sulfone groups is 1. The van der Waals surface area contributed by atoms with Crippen LogP contribution >= 0.6 is 11.6 Å². The predicted molar refractivity (Wildman–Crippen MR) is 123 cm³/mol. The number of halogens is 1. The summed E-state index contributed by atoms with van der Waals surface area (Å²) < 4.78 is 37.8. The lowest BCUT2D eigenvalue weighted by atomic mass is 9.92. The Morgan fingerprint density at radius 2 is 1.78 bits per heavy atom. The Labute approximate surface area is 190 Å². The molecular weight excluding hydrogens is 448 g/mol. The van der Waals surface area contributed by atoms with Crippen LogP contribution in [0.2, 0.25) is 5.02 Å². The van der Waals surface area contributed by atoms with Gasteiger partial charge in [0.25, 0.3) is 0 Å². The van der Waals surface area contributed by atoms with Crippen LogP contribution in [0, 0.1) is 0 Å². The molecule has 0 aliphatic carbocycles. The maximum atomic E-state index is 13.2. The maximum Gasteiger partial charge on any atom is 0.206 e. The van der Waals surface area contributed by atoms with Gasteiger partial charge in [0.15, 0.2) is 5.58 Å². The molecule has 0 atom stereocenters. The topological polar surface area (TPSA) is 81.8 Å². The number of aromatic nitrogens is 1. The zero-order valence-corrected chi connectivity index (χ0v) is 18.9. The highest BCUT2D eigenvalue weighted by atomic mass is 35.5. The van der Waals surface area contributed by atoms with E-state index in [0.29, 0.717) is 45.3 Å². The molecule has 0 saturated heterocycles. The molecule has 0 fully saturated rings. The zero-order valence-electron chi connectivity index (χ0n) is 17.4. The lowest BCUT2D eigenvalue weighted by Crippen LogP contribution is -2.36. The van der Waals surface area contributed by atoms with Crippen LogP contribution in [0.1, 0.15) is 25.8 Å². The van der Waals surface area contributed by atoms with Crippen LogP contribution in [0.25, 0.3) is 11.0 Å². The number of aliphatic imine (C=N–C) groups is 1. The predicted octanol–water partition coefficient (Wildman–Crippen LogP) is 6.00. The number of fused-ring (bicyclic) bond motifs is 2. The molecule has 4 aromatic rings. The van der Waals surface area contributed by atoms with Crippen LogP contribution in [0.3, 0.4) is 0 Å². The molecular formula is C24H19ClN2O4S. The number of rotatable bonds is 3. The molecule has 6 nitrogen and oxygen atoms in total. The van der Waals surface area contributed by atoms with E-state index in [4.69, 9.17) is 25.9 Å². The van der Waals surface area contributed by atoms with Crippen molar-refractivity contribution in [2.24, 2.45) is 4.99 Å². The van der Waals surface area contributed by atoms with Gasteiger partial charge in [-0.2, -0.15) is 0 Å². The molecule has 3 aromatic carbocycles. The smallest absolute Gasteiger partial charge is 0.206 e. The van der Waals surface area contributed by atoms with Crippen molar-refractivity contribution in [3.63, 3.8) is 0 Å². The van der Waals surface area contributed by atoms with Crippen LogP contribution < -0.4 is 4.74 Å². The van der Waals surface area contributed by atoms with E-state index in [1.54, 1.807) is 60.7 Å². The Morgan fingerprint density at radius 3 is 2.56 bits per heavy atom. The molecule has 1 aromatic heterocycles. The Hall–Kier alpha value is -3.16. The summed E-state index contributed by atoms with van der Waals surface area (Å²) in [5, 5.41) is 5.22. The Morgan fingerprint density at radius 1 is 1.00 bits per heavy atom. The first-order valence-electron chi connectivity index (χ1n) is 10.00. The van der Waals surface area contributed by atoms with E-state index in [9.17, 15) is 8.42 Å². The molecule has 0 bridgehead atoms. The van der Waals surface area contributed by atoms with Gasteiger partial charge in [-0.3, -0.25) is 0 Å². The van der Waals surface area contributed by atoms with Crippen molar-refractivity contribution in [2.75, 3.05) is 0 Å². The van der Waals surface area contributed by atoms with Crippen molar-refractivity contribution in [2.45, 2.75) is 35.7 Å². The Balaban J connectivity index is 1.67. The number of para-hydroxylation sites is 1. The molecule has 0 radical (unpaired) electrons. The summed E-state index contributed by atoms with van der Waals surface area (Å²) in [6.07, 6.45) is 0.462. The van der Waals surface area contributed by atoms with Gasteiger partial charge in [-0.15, -0.1) is 0 Å². The minimum Gasteiger partial charge on any atom is -0.487 e. The third-order valence-corrected chi connectivity index (χ3v) is 7.34. The number of benzene rings is 3. The third-order valence-electron chi connectivity index (χ3n) is 5.28. The summed E-state index contributed by atoms with van der Waals surface area (Å²) in [4.78, 5) is 5.16. The standard InChI is InChI=1S/C24H19ClN2O4S/c1-24(2)14-20(26-23-17-9-6-10-19(25)22(17)31-27-23)18-13-16(11-12-21(18)30-24)32(28,29)15-7-4-3-5-8-15/h3-13H,14H2,1-2H3. The molecule has 0 saturated carbocycles. The first-order valence-corrected chi connectivity index (χ1v) is 11.9. The van der Waals surface area contributed by atoms with Gasteiger partial charge in [0, 0.05) is 12.0 Å². The SMILES string of the molecule is CC1(C)CC(=Nc2noc3c(Cl)cccc23)c2cc(S(=O)(=O)c3ccccc3)ccc2O1.